The van der Waals surface area contributed by atoms with Gasteiger partial charge in [0.2, 0.25) is 11.8 Å². The molecular weight excluding hydrogens is 330 g/mol. The lowest BCUT2D eigenvalue weighted by Crippen LogP contribution is -2.34. The number of nitrogens with zero attached hydrogens (tertiary/aromatic N) is 1. The van der Waals surface area contributed by atoms with Crippen molar-refractivity contribution in [2.45, 2.75) is 25.9 Å². The van der Waals surface area contributed by atoms with Gasteiger partial charge in [0, 0.05) is 24.6 Å². The Bertz CT molecular complexity index is 777. The van der Waals surface area contributed by atoms with Crippen LogP contribution in [-0.4, -0.2) is 23.3 Å². The van der Waals surface area contributed by atoms with Gasteiger partial charge in [-0.05, 0) is 25.1 Å². The van der Waals surface area contributed by atoms with Crippen LogP contribution in [0.1, 0.15) is 30.7 Å². The monoisotopic (exact) mass is 348 g/mol. The first-order valence-corrected chi connectivity index (χ1v) is 7.99. The number of amides is 2. The van der Waals surface area contributed by atoms with E-state index in [1.807, 2.05) is 0 Å². The predicted molar refractivity (Wildman–Crippen MR) is 85.1 cm³/mol. The molecule has 132 valence electrons. The molecule has 2 heterocycles. The quantitative estimate of drug-likeness (QED) is 0.904. The Kier molecular flexibility index (Phi) is 4.83. The fourth-order valence-electron chi connectivity index (χ4n) is 2.95. The van der Waals surface area contributed by atoms with E-state index in [9.17, 15) is 18.4 Å². The highest BCUT2D eigenvalue weighted by Gasteiger charge is 2.35. The Labute approximate surface area is 143 Å². The van der Waals surface area contributed by atoms with Crippen molar-refractivity contribution in [1.29, 1.82) is 0 Å². The molecule has 1 aromatic heterocycles. The van der Waals surface area contributed by atoms with Gasteiger partial charge < -0.3 is 14.6 Å². The Morgan fingerprint density at radius 1 is 1.40 bits per heavy atom. The highest BCUT2D eigenvalue weighted by atomic mass is 19.1. The number of furan rings is 1. The number of hydrogen-bond donors (Lipinski definition) is 1. The molecule has 2 aromatic rings. The number of nitrogens with one attached hydrogen (secondary N) is 1. The van der Waals surface area contributed by atoms with Crippen LogP contribution >= 0.6 is 0 Å². The Balaban J connectivity index is 1.60. The van der Waals surface area contributed by atoms with E-state index in [4.69, 9.17) is 4.42 Å². The van der Waals surface area contributed by atoms with E-state index >= 15 is 0 Å². The maximum absolute atomic E-state index is 13.8. The number of halogens is 2. The number of benzene rings is 1. The van der Waals surface area contributed by atoms with E-state index in [0.717, 1.165) is 12.1 Å². The van der Waals surface area contributed by atoms with E-state index in [0.29, 0.717) is 12.3 Å². The van der Waals surface area contributed by atoms with Crippen molar-refractivity contribution in [2.75, 3.05) is 6.54 Å². The zero-order chi connectivity index (χ0) is 18.0. The van der Waals surface area contributed by atoms with E-state index < -0.39 is 23.6 Å². The molecule has 2 amide bonds. The topological polar surface area (TPSA) is 62.6 Å². The van der Waals surface area contributed by atoms with Crippen molar-refractivity contribution in [1.82, 2.24) is 10.2 Å². The van der Waals surface area contributed by atoms with E-state index in [2.05, 4.69) is 5.32 Å². The first-order valence-electron chi connectivity index (χ1n) is 7.99. The molecule has 3 rings (SSSR count). The lowest BCUT2D eigenvalue weighted by atomic mass is 10.0. The minimum atomic E-state index is -0.713. The normalized spacial score (nSPS) is 18.4. The van der Waals surface area contributed by atoms with Gasteiger partial charge in [0.15, 0.2) is 0 Å². The molecule has 2 atom stereocenters. The molecule has 1 aromatic carbocycles. The fraction of sp³-hybridized carbons (Fsp3) is 0.333. The molecule has 1 saturated heterocycles. The summed E-state index contributed by atoms with van der Waals surface area (Å²) < 4.78 is 32.0. The molecular formula is C18H18F2N2O3. The van der Waals surface area contributed by atoms with Crippen molar-refractivity contribution in [3.05, 3.63) is 59.6 Å². The molecule has 0 aliphatic carbocycles. The highest BCUT2D eigenvalue weighted by molar-refractivity contribution is 5.89. The molecule has 1 N–H and O–H groups in total. The van der Waals surface area contributed by atoms with Crippen molar-refractivity contribution in [3.63, 3.8) is 0 Å². The van der Waals surface area contributed by atoms with Crippen LogP contribution in [-0.2, 0) is 16.1 Å². The number of likely N-dealkylation sites (tertiary alicyclic amines) is 1. The summed E-state index contributed by atoms with van der Waals surface area (Å²) in [4.78, 5) is 26.0. The van der Waals surface area contributed by atoms with Gasteiger partial charge in [0.05, 0.1) is 24.8 Å². The average molecular weight is 348 g/mol. The van der Waals surface area contributed by atoms with Crippen LogP contribution in [0.5, 0.6) is 0 Å². The predicted octanol–water partition coefficient (Wildman–Crippen LogP) is 2.78. The van der Waals surface area contributed by atoms with Crippen LogP contribution in [0.4, 0.5) is 8.78 Å². The fourth-order valence-corrected chi connectivity index (χ4v) is 2.95. The molecule has 1 aliphatic rings. The zero-order valence-electron chi connectivity index (χ0n) is 13.7. The smallest absolute Gasteiger partial charge is 0.225 e. The second kappa shape index (κ2) is 7.04. The molecule has 2 unspecified atom stereocenters. The van der Waals surface area contributed by atoms with Crippen LogP contribution in [0.15, 0.2) is 41.0 Å². The molecule has 7 heteroatoms. The summed E-state index contributed by atoms with van der Waals surface area (Å²) in [5.41, 5.74) is 0.200. The van der Waals surface area contributed by atoms with E-state index in [1.54, 1.807) is 24.0 Å². The number of rotatable bonds is 5. The van der Waals surface area contributed by atoms with Gasteiger partial charge in [0.1, 0.15) is 17.4 Å². The highest BCUT2D eigenvalue weighted by Crippen LogP contribution is 2.23. The average Bonchev–Trinajstić information content (AvgIpc) is 3.18. The van der Waals surface area contributed by atoms with Crippen molar-refractivity contribution in [2.24, 2.45) is 5.92 Å². The van der Waals surface area contributed by atoms with Gasteiger partial charge >= 0.3 is 0 Å². The maximum Gasteiger partial charge on any atom is 0.225 e. The van der Waals surface area contributed by atoms with Gasteiger partial charge in [-0.3, -0.25) is 9.59 Å². The number of hydrogen-bond acceptors (Lipinski definition) is 3. The van der Waals surface area contributed by atoms with Gasteiger partial charge in [0.25, 0.3) is 0 Å². The first-order chi connectivity index (χ1) is 11.9. The maximum atomic E-state index is 13.8. The van der Waals surface area contributed by atoms with E-state index in [1.165, 1.54) is 12.3 Å². The van der Waals surface area contributed by atoms with Crippen LogP contribution < -0.4 is 5.32 Å². The minimum absolute atomic E-state index is 0.102. The number of carbonyl (C=O) groups is 2. The summed E-state index contributed by atoms with van der Waals surface area (Å²) in [7, 11) is 0. The van der Waals surface area contributed by atoms with Crippen LogP contribution in [0, 0.1) is 17.6 Å². The van der Waals surface area contributed by atoms with Crippen LogP contribution in [0.3, 0.4) is 0 Å². The molecule has 1 fully saturated rings. The van der Waals surface area contributed by atoms with Crippen molar-refractivity contribution in [3.8, 4) is 0 Å². The SMILES string of the molecule is CC(NC(=O)C1CC(=O)N(Cc2ccco2)C1)c1ccc(F)cc1F. The third kappa shape index (κ3) is 3.87. The van der Waals surface area contributed by atoms with Gasteiger partial charge in [-0.1, -0.05) is 6.07 Å². The molecule has 0 saturated carbocycles. The Morgan fingerprint density at radius 3 is 2.88 bits per heavy atom. The molecule has 25 heavy (non-hydrogen) atoms. The summed E-state index contributed by atoms with van der Waals surface area (Å²) in [5.74, 6) is -1.70. The molecule has 5 nitrogen and oxygen atoms in total. The Morgan fingerprint density at radius 2 is 2.20 bits per heavy atom. The first kappa shape index (κ1) is 17.1. The van der Waals surface area contributed by atoms with Crippen molar-refractivity contribution >= 4 is 11.8 Å². The Hall–Kier alpha value is -2.70. The minimum Gasteiger partial charge on any atom is -0.467 e. The van der Waals surface area contributed by atoms with Gasteiger partial charge in [-0.15, -0.1) is 0 Å². The summed E-state index contributed by atoms with van der Waals surface area (Å²) in [6, 6.07) is 6.10. The van der Waals surface area contributed by atoms with Crippen LogP contribution in [0.2, 0.25) is 0 Å². The second-order valence-electron chi connectivity index (χ2n) is 6.15. The summed E-state index contributed by atoms with van der Waals surface area (Å²) in [6.45, 7) is 2.22. The summed E-state index contributed by atoms with van der Waals surface area (Å²) in [6.07, 6.45) is 1.63. The second-order valence-corrected chi connectivity index (χ2v) is 6.15. The largest absolute Gasteiger partial charge is 0.467 e. The molecule has 0 bridgehead atoms. The molecule has 0 spiro atoms. The van der Waals surface area contributed by atoms with Gasteiger partial charge in [-0.2, -0.15) is 0 Å². The standard InChI is InChI=1S/C18H18F2N2O3/c1-11(15-5-4-13(19)8-16(15)20)21-18(24)12-7-17(23)22(9-12)10-14-3-2-6-25-14/h2-6,8,11-12H,7,9-10H2,1H3,(H,21,24). The zero-order valence-corrected chi connectivity index (χ0v) is 13.7. The lowest BCUT2D eigenvalue weighted by molar-refractivity contribution is -0.129. The van der Waals surface area contributed by atoms with Gasteiger partial charge in [-0.25, -0.2) is 8.78 Å². The summed E-state index contributed by atoms with van der Waals surface area (Å²) >= 11 is 0. The van der Waals surface area contributed by atoms with Crippen LogP contribution in [0.25, 0.3) is 0 Å². The lowest BCUT2D eigenvalue weighted by Gasteiger charge is -2.18. The van der Waals surface area contributed by atoms with E-state index in [-0.39, 0.29) is 30.3 Å². The molecule has 0 radical (unpaired) electrons. The number of carbonyl (C=O) groups excluding carboxylic acids is 2. The summed E-state index contributed by atoms with van der Waals surface area (Å²) in [5, 5.41) is 2.69. The molecule has 1 aliphatic heterocycles. The van der Waals surface area contributed by atoms with Crippen molar-refractivity contribution < 1.29 is 22.8 Å². The third-order valence-corrected chi connectivity index (χ3v) is 4.30. The third-order valence-electron chi connectivity index (χ3n) is 4.30.